The monoisotopic (exact) mass is 350 g/mol. The van der Waals surface area contributed by atoms with Gasteiger partial charge >= 0.3 is 5.97 Å². The Balaban J connectivity index is 1.77. The van der Waals surface area contributed by atoms with Crippen LogP contribution in [0.25, 0.3) is 0 Å². The third kappa shape index (κ3) is 6.95. The lowest BCUT2D eigenvalue weighted by molar-refractivity contribution is -0.137. The minimum atomic E-state index is -0.749. The van der Waals surface area contributed by atoms with Gasteiger partial charge in [0.15, 0.2) is 0 Å². The summed E-state index contributed by atoms with van der Waals surface area (Å²) in [5.41, 5.74) is 0. The van der Waals surface area contributed by atoms with E-state index in [2.05, 4.69) is 12.2 Å². The maximum absolute atomic E-state index is 10.5. The fraction of sp³-hybridized carbons (Fsp3) is 0.762. The number of carboxylic acid groups (broad SMARTS) is 1. The van der Waals surface area contributed by atoms with Crippen LogP contribution in [0.4, 0.5) is 0 Å². The van der Waals surface area contributed by atoms with Gasteiger partial charge in [-0.3, -0.25) is 4.79 Å². The quantitative estimate of drug-likeness (QED) is 0.433. The Labute approximate surface area is 151 Å². The van der Waals surface area contributed by atoms with E-state index in [1.165, 1.54) is 19.3 Å². The molecule has 2 fully saturated rings. The molecule has 0 saturated heterocycles. The maximum atomic E-state index is 10.5. The molecule has 0 heterocycles. The second-order valence-corrected chi connectivity index (χ2v) is 7.74. The van der Waals surface area contributed by atoms with Crippen molar-refractivity contribution in [2.24, 2.45) is 17.8 Å². The zero-order chi connectivity index (χ0) is 18.1. The van der Waals surface area contributed by atoms with Gasteiger partial charge in [-0.2, -0.15) is 0 Å². The fourth-order valence-electron chi connectivity index (χ4n) is 4.28. The van der Waals surface area contributed by atoms with Crippen LogP contribution in [0.1, 0.15) is 70.6 Å². The molecule has 0 aromatic heterocycles. The van der Waals surface area contributed by atoms with Crippen molar-refractivity contribution < 1.29 is 20.1 Å². The van der Waals surface area contributed by atoms with Crippen molar-refractivity contribution in [1.82, 2.24) is 0 Å². The molecule has 0 radical (unpaired) electrons. The van der Waals surface area contributed by atoms with Crippen molar-refractivity contribution in [3.8, 4) is 0 Å². The molecule has 0 bridgehead atoms. The molecule has 1 unspecified atom stereocenters. The van der Waals surface area contributed by atoms with Crippen molar-refractivity contribution in [3.63, 3.8) is 0 Å². The standard InChI is InChI=1S/C21H34O4/c22-19(17-8-4-3-5-9-17)14-12-16-13-15-20(23)18(16)10-6-1-2-7-11-21(24)25/h1,6,12,14,16-20,22-23H,2-5,7-11,13,15H2,(H,24,25)/b6-1-,14-12+/t16-,18+,19?,20-/m0/s1. The Bertz CT molecular complexity index is 451. The number of carbonyl (C=O) groups is 1. The third-order valence-electron chi connectivity index (χ3n) is 5.86. The van der Waals surface area contributed by atoms with Gasteiger partial charge < -0.3 is 15.3 Å². The summed E-state index contributed by atoms with van der Waals surface area (Å²) in [5.74, 6) is 0.202. The molecule has 0 spiro atoms. The average molecular weight is 350 g/mol. The Morgan fingerprint density at radius 2 is 1.84 bits per heavy atom. The summed E-state index contributed by atoms with van der Waals surface area (Å²) in [6, 6.07) is 0. The van der Waals surface area contributed by atoms with Crippen molar-refractivity contribution in [2.75, 3.05) is 0 Å². The van der Waals surface area contributed by atoms with Gasteiger partial charge in [0.1, 0.15) is 0 Å². The number of aliphatic hydroxyl groups is 2. The smallest absolute Gasteiger partial charge is 0.303 e. The SMILES string of the molecule is O=C(O)CCC/C=C\C[C@H]1[C@@H](O)CC[C@@H]1/C=C/C(O)C1CCCCC1. The van der Waals surface area contributed by atoms with Gasteiger partial charge in [-0.25, -0.2) is 0 Å². The molecule has 0 aliphatic heterocycles. The predicted molar refractivity (Wildman–Crippen MR) is 99.2 cm³/mol. The minimum Gasteiger partial charge on any atom is -0.481 e. The van der Waals surface area contributed by atoms with Crippen molar-refractivity contribution in [1.29, 1.82) is 0 Å². The number of hydrogen-bond donors (Lipinski definition) is 3. The molecule has 2 saturated carbocycles. The summed E-state index contributed by atoms with van der Waals surface area (Å²) >= 11 is 0. The molecule has 0 amide bonds. The first-order chi connectivity index (χ1) is 12.1. The van der Waals surface area contributed by atoms with Crippen LogP contribution in [-0.4, -0.2) is 33.5 Å². The van der Waals surface area contributed by atoms with Crippen molar-refractivity contribution >= 4 is 5.97 Å². The fourth-order valence-corrected chi connectivity index (χ4v) is 4.28. The zero-order valence-electron chi connectivity index (χ0n) is 15.2. The lowest BCUT2D eigenvalue weighted by atomic mass is 9.84. The predicted octanol–water partition coefficient (Wildman–Crippen LogP) is 4.07. The molecule has 0 aromatic carbocycles. The highest BCUT2D eigenvalue weighted by Crippen LogP contribution is 2.36. The molecule has 2 aliphatic carbocycles. The number of rotatable bonds is 9. The van der Waals surface area contributed by atoms with E-state index >= 15 is 0 Å². The summed E-state index contributed by atoms with van der Waals surface area (Å²) in [7, 11) is 0. The molecule has 2 aliphatic rings. The van der Waals surface area contributed by atoms with E-state index in [9.17, 15) is 15.0 Å². The van der Waals surface area contributed by atoms with Gasteiger partial charge in [0.2, 0.25) is 0 Å². The second-order valence-electron chi connectivity index (χ2n) is 7.74. The summed E-state index contributed by atoms with van der Waals surface area (Å²) in [6.45, 7) is 0. The highest BCUT2D eigenvalue weighted by Gasteiger charge is 2.32. The Kier molecular flexibility index (Phi) is 8.70. The molecule has 4 nitrogen and oxygen atoms in total. The first-order valence-corrected chi connectivity index (χ1v) is 9.99. The normalized spacial score (nSPS) is 29.6. The third-order valence-corrected chi connectivity index (χ3v) is 5.86. The van der Waals surface area contributed by atoms with E-state index in [4.69, 9.17) is 5.11 Å². The zero-order valence-corrected chi connectivity index (χ0v) is 15.2. The van der Waals surface area contributed by atoms with E-state index in [0.29, 0.717) is 18.3 Å². The largest absolute Gasteiger partial charge is 0.481 e. The van der Waals surface area contributed by atoms with Crippen LogP contribution in [0.5, 0.6) is 0 Å². The van der Waals surface area contributed by atoms with Gasteiger partial charge in [-0.05, 0) is 62.7 Å². The Morgan fingerprint density at radius 3 is 2.56 bits per heavy atom. The van der Waals surface area contributed by atoms with E-state index < -0.39 is 5.97 Å². The molecular weight excluding hydrogens is 316 g/mol. The molecule has 4 heteroatoms. The number of hydrogen-bond acceptors (Lipinski definition) is 3. The lowest BCUT2D eigenvalue weighted by Crippen LogP contribution is -2.22. The Hall–Kier alpha value is -1.13. The molecule has 142 valence electrons. The van der Waals surface area contributed by atoms with Gasteiger partial charge in [0, 0.05) is 6.42 Å². The number of aliphatic hydroxyl groups excluding tert-OH is 2. The van der Waals surface area contributed by atoms with Crippen LogP contribution >= 0.6 is 0 Å². The van der Waals surface area contributed by atoms with Crippen LogP contribution in [0.3, 0.4) is 0 Å². The number of unbranched alkanes of at least 4 members (excludes halogenated alkanes) is 1. The van der Waals surface area contributed by atoms with E-state index in [0.717, 1.165) is 38.5 Å². The molecular formula is C21H34O4. The molecule has 25 heavy (non-hydrogen) atoms. The first-order valence-electron chi connectivity index (χ1n) is 9.99. The van der Waals surface area contributed by atoms with E-state index in [1.54, 1.807) is 0 Å². The van der Waals surface area contributed by atoms with Gasteiger partial charge in [0.25, 0.3) is 0 Å². The van der Waals surface area contributed by atoms with Crippen LogP contribution in [0.15, 0.2) is 24.3 Å². The maximum Gasteiger partial charge on any atom is 0.303 e. The first kappa shape index (κ1) is 20.2. The summed E-state index contributed by atoms with van der Waals surface area (Å²) < 4.78 is 0. The minimum absolute atomic E-state index is 0.209. The van der Waals surface area contributed by atoms with Crippen molar-refractivity contribution in [3.05, 3.63) is 24.3 Å². The highest BCUT2D eigenvalue weighted by atomic mass is 16.4. The van der Waals surface area contributed by atoms with Crippen LogP contribution < -0.4 is 0 Å². The molecule has 3 N–H and O–H groups in total. The highest BCUT2D eigenvalue weighted by molar-refractivity contribution is 5.66. The molecule has 4 atom stereocenters. The number of aliphatic carboxylic acids is 1. The summed E-state index contributed by atoms with van der Waals surface area (Å²) in [4.78, 5) is 10.5. The topological polar surface area (TPSA) is 77.8 Å². The number of carboxylic acids is 1. The summed E-state index contributed by atoms with van der Waals surface area (Å²) in [5, 5.41) is 29.3. The molecule has 0 aromatic rings. The number of allylic oxidation sites excluding steroid dienone is 3. The van der Waals surface area contributed by atoms with Crippen molar-refractivity contribution in [2.45, 2.75) is 82.8 Å². The van der Waals surface area contributed by atoms with Crippen LogP contribution in [-0.2, 0) is 4.79 Å². The Morgan fingerprint density at radius 1 is 1.08 bits per heavy atom. The van der Waals surface area contributed by atoms with Gasteiger partial charge in [-0.1, -0.05) is 43.6 Å². The lowest BCUT2D eigenvalue weighted by Gasteiger charge is -2.25. The van der Waals surface area contributed by atoms with E-state index in [1.807, 2.05) is 12.2 Å². The van der Waals surface area contributed by atoms with Gasteiger partial charge in [0.05, 0.1) is 12.2 Å². The van der Waals surface area contributed by atoms with Gasteiger partial charge in [-0.15, -0.1) is 0 Å². The molecule has 2 rings (SSSR count). The average Bonchev–Trinajstić information content (AvgIpc) is 2.96. The van der Waals surface area contributed by atoms with Crippen LogP contribution in [0, 0.1) is 17.8 Å². The summed E-state index contributed by atoms with van der Waals surface area (Å²) in [6.07, 6.45) is 17.9. The second kappa shape index (κ2) is 10.8. The van der Waals surface area contributed by atoms with Crippen LogP contribution in [0.2, 0.25) is 0 Å². The van der Waals surface area contributed by atoms with E-state index in [-0.39, 0.29) is 24.5 Å².